The van der Waals surface area contributed by atoms with Gasteiger partial charge >= 0.3 is 0 Å². The summed E-state index contributed by atoms with van der Waals surface area (Å²) in [4.78, 5) is 1.41. The fourth-order valence-electron chi connectivity index (χ4n) is 3.86. The Morgan fingerprint density at radius 2 is 1.59 bits per heavy atom. The van der Waals surface area contributed by atoms with Gasteiger partial charge in [-0.2, -0.15) is 0 Å². The lowest BCUT2D eigenvalue weighted by atomic mass is 10.0. The molecule has 0 spiro atoms. The Bertz CT molecular complexity index is 709. The van der Waals surface area contributed by atoms with Gasteiger partial charge in [0.1, 0.15) is 24.1 Å². The Morgan fingerprint density at radius 1 is 1.00 bits per heavy atom. The molecule has 3 atom stereocenters. The molecule has 5 heteroatoms. The number of likely N-dealkylation sites (tertiary alicyclic amines) is 1. The second-order valence-corrected chi connectivity index (χ2v) is 7.19. The third-order valence-corrected chi connectivity index (χ3v) is 5.36. The van der Waals surface area contributed by atoms with Crippen LogP contribution in [-0.2, 0) is 12.8 Å². The number of nitrogens with one attached hydrogen (secondary N) is 1. The molecule has 0 bridgehead atoms. The lowest BCUT2D eigenvalue weighted by molar-refractivity contribution is -0.893. The van der Waals surface area contributed by atoms with Crippen LogP contribution in [0.2, 0.25) is 0 Å². The van der Waals surface area contributed by atoms with Crippen LogP contribution >= 0.6 is 0 Å². The largest absolute Gasteiger partial charge is 1.00 e. The molecule has 1 fully saturated rings. The van der Waals surface area contributed by atoms with Crippen molar-refractivity contribution in [2.45, 2.75) is 37.8 Å². The van der Waals surface area contributed by atoms with Gasteiger partial charge in [0.25, 0.3) is 0 Å². The number of aliphatic hydroxyl groups is 1. The van der Waals surface area contributed by atoms with Gasteiger partial charge in [0.2, 0.25) is 0 Å². The molecule has 148 valence electrons. The van der Waals surface area contributed by atoms with E-state index in [0.29, 0.717) is 12.6 Å². The molecule has 2 aromatic carbocycles. The van der Waals surface area contributed by atoms with Gasteiger partial charge in [-0.15, -0.1) is 0 Å². The summed E-state index contributed by atoms with van der Waals surface area (Å²) in [5.41, 5.74) is 2.44. The van der Waals surface area contributed by atoms with E-state index in [9.17, 15) is 5.11 Å². The number of para-hydroxylation sites is 2. The maximum absolute atomic E-state index is 9.78. The van der Waals surface area contributed by atoms with Crippen LogP contribution in [0.15, 0.2) is 48.5 Å². The fourth-order valence-corrected chi connectivity index (χ4v) is 3.86. The van der Waals surface area contributed by atoms with Crippen LogP contribution in [0.3, 0.4) is 0 Å². The van der Waals surface area contributed by atoms with Crippen molar-refractivity contribution in [3.05, 3.63) is 59.7 Å². The summed E-state index contributed by atoms with van der Waals surface area (Å²) < 4.78 is 11.6. The second kappa shape index (κ2) is 10.5. The van der Waals surface area contributed by atoms with Gasteiger partial charge in [-0.1, -0.05) is 36.4 Å². The van der Waals surface area contributed by atoms with Gasteiger partial charge in [0, 0.05) is 12.8 Å². The summed E-state index contributed by atoms with van der Waals surface area (Å²) in [5, 5.41) is 9.78. The molecule has 4 nitrogen and oxygen atoms in total. The number of benzene rings is 2. The quantitative estimate of drug-likeness (QED) is 0.600. The molecule has 1 heterocycles. The molecular formula is C22H30ClNO3. The lowest BCUT2D eigenvalue weighted by Gasteiger charge is -2.17. The number of hydrogen-bond acceptors (Lipinski definition) is 3. The highest BCUT2D eigenvalue weighted by atomic mass is 35.5. The van der Waals surface area contributed by atoms with Gasteiger partial charge in [0.05, 0.1) is 26.8 Å². The molecule has 0 radical (unpaired) electrons. The molecule has 0 aliphatic carbocycles. The van der Waals surface area contributed by atoms with Crippen molar-refractivity contribution in [2.24, 2.45) is 0 Å². The molecule has 27 heavy (non-hydrogen) atoms. The predicted octanol–water partition coefficient (Wildman–Crippen LogP) is -1.10. The van der Waals surface area contributed by atoms with Crippen LogP contribution < -0.4 is 26.8 Å². The molecule has 1 aliphatic heterocycles. The van der Waals surface area contributed by atoms with Crippen LogP contribution in [0.1, 0.15) is 24.0 Å². The SMILES string of the molecule is COc1ccccc1CCc1ccccc1OCC[C@@H]1C[C@@H](O)C[NH+]1C.[Cl-]. The molecule has 0 amide bonds. The van der Waals surface area contributed by atoms with E-state index in [0.717, 1.165) is 43.7 Å². The zero-order chi connectivity index (χ0) is 18.4. The van der Waals surface area contributed by atoms with Crippen LogP contribution in [0.25, 0.3) is 0 Å². The minimum atomic E-state index is -0.159. The molecule has 1 aliphatic rings. The zero-order valence-corrected chi connectivity index (χ0v) is 16.9. The summed E-state index contributed by atoms with van der Waals surface area (Å²) >= 11 is 0. The summed E-state index contributed by atoms with van der Waals surface area (Å²) in [7, 11) is 3.87. The van der Waals surface area contributed by atoms with Crippen molar-refractivity contribution in [1.29, 1.82) is 0 Å². The lowest BCUT2D eigenvalue weighted by Crippen LogP contribution is -3.11. The maximum Gasteiger partial charge on any atom is 0.122 e. The van der Waals surface area contributed by atoms with Gasteiger partial charge in [-0.3, -0.25) is 0 Å². The van der Waals surface area contributed by atoms with E-state index >= 15 is 0 Å². The zero-order valence-electron chi connectivity index (χ0n) is 16.2. The van der Waals surface area contributed by atoms with Crippen LogP contribution in [0.4, 0.5) is 0 Å². The number of methoxy groups -OCH3 is 1. The third kappa shape index (κ3) is 5.86. The van der Waals surface area contributed by atoms with E-state index in [1.54, 1.807) is 7.11 Å². The standard InChI is InChI=1S/C22H29NO3.ClH/c1-23-16-20(24)15-19(23)13-14-26-22-10-6-4-8-18(22)12-11-17-7-3-5-9-21(17)25-2;/h3-10,19-20,24H,11-16H2,1-2H3;1H/t19-,20-;/m1./s1. The van der Waals surface area contributed by atoms with Crippen molar-refractivity contribution in [1.82, 2.24) is 0 Å². The van der Waals surface area contributed by atoms with Crippen LogP contribution in [-0.4, -0.2) is 44.6 Å². The molecule has 0 saturated carbocycles. The summed E-state index contributed by atoms with van der Waals surface area (Å²) in [5.74, 6) is 1.91. The van der Waals surface area contributed by atoms with Gasteiger partial charge < -0.3 is 31.9 Å². The van der Waals surface area contributed by atoms with Gasteiger partial charge in [-0.25, -0.2) is 0 Å². The Morgan fingerprint density at radius 3 is 2.19 bits per heavy atom. The fraction of sp³-hybridized carbons (Fsp3) is 0.455. The molecule has 3 rings (SSSR count). The third-order valence-electron chi connectivity index (χ3n) is 5.36. The average molecular weight is 392 g/mol. The molecular weight excluding hydrogens is 362 g/mol. The first kappa shape index (κ1) is 21.5. The van der Waals surface area contributed by atoms with Gasteiger partial charge in [-0.05, 0) is 36.1 Å². The molecule has 0 aromatic heterocycles. The van der Waals surface area contributed by atoms with Gasteiger partial charge in [0.15, 0.2) is 0 Å². The first-order valence-corrected chi connectivity index (χ1v) is 9.50. The van der Waals surface area contributed by atoms with Crippen molar-refractivity contribution in [3.63, 3.8) is 0 Å². The number of aryl methyl sites for hydroxylation is 2. The van der Waals surface area contributed by atoms with E-state index in [2.05, 4.69) is 37.4 Å². The summed E-state index contributed by atoms with van der Waals surface area (Å²) in [6, 6.07) is 16.9. The molecule has 2 N–H and O–H groups in total. The summed E-state index contributed by atoms with van der Waals surface area (Å²) in [6.45, 7) is 1.54. The van der Waals surface area contributed by atoms with Crippen molar-refractivity contribution < 1.29 is 31.9 Å². The number of hydrogen-bond donors (Lipinski definition) is 2. The van der Waals surface area contributed by atoms with Crippen LogP contribution in [0.5, 0.6) is 11.5 Å². The van der Waals surface area contributed by atoms with E-state index in [-0.39, 0.29) is 18.5 Å². The number of likely N-dealkylation sites (N-methyl/N-ethyl adjacent to an activating group) is 1. The Balaban J connectivity index is 0.00000261. The minimum Gasteiger partial charge on any atom is -1.00 e. The van der Waals surface area contributed by atoms with E-state index in [1.807, 2.05) is 18.2 Å². The predicted molar refractivity (Wildman–Crippen MR) is 103 cm³/mol. The van der Waals surface area contributed by atoms with E-state index < -0.39 is 0 Å². The Kier molecular flexibility index (Phi) is 8.42. The average Bonchev–Trinajstić information content (AvgIpc) is 2.98. The number of ether oxygens (including phenoxy) is 2. The topological polar surface area (TPSA) is 43.1 Å². The smallest absolute Gasteiger partial charge is 0.122 e. The number of rotatable bonds is 8. The molecule has 2 aromatic rings. The maximum atomic E-state index is 9.78. The highest BCUT2D eigenvalue weighted by Gasteiger charge is 2.31. The van der Waals surface area contributed by atoms with Crippen LogP contribution in [0, 0.1) is 0 Å². The number of aliphatic hydroxyl groups excluding tert-OH is 1. The molecule has 1 unspecified atom stereocenters. The number of halogens is 1. The van der Waals surface area contributed by atoms with E-state index in [4.69, 9.17) is 9.47 Å². The first-order chi connectivity index (χ1) is 12.7. The van der Waals surface area contributed by atoms with Crippen molar-refractivity contribution >= 4 is 0 Å². The Hall–Kier alpha value is -1.75. The van der Waals surface area contributed by atoms with Crippen molar-refractivity contribution in [3.8, 4) is 11.5 Å². The highest BCUT2D eigenvalue weighted by Crippen LogP contribution is 2.24. The second-order valence-electron chi connectivity index (χ2n) is 7.19. The Labute approximate surface area is 168 Å². The van der Waals surface area contributed by atoms with E-state index in [1.165, 1.54) is 16.0 Å². The molecule has 1 saturated heterocycles. The minimum absolute atomic E-state index is 0. The van der Waals surface area contributed by atoms with Crippen molar-refractivity contribution in [2.75, 3.05) is 27.3 Å². The summed E-state index contributed by atoms with van der Waals surface area (Å²) in [6.07, 6.45) is 3.54. The normalized spacial score (nSPS) is 21.5. The monoisotopic (exact) mass is 391 g/mol. The number of quaternary nitrogens is 1. The first-order valence-electron chi connectivity index (χ1n) is 9.50. The highest BCUT2D eigenvalue weighted by molar-refractivity contribution is 5.37.